The van der Waals surface area contributed by atoms with Crippen molar-refractivity contribution in [1.29, 1.82) is 0 Å². The van der Waals surface area contributed by atoms with Crippen molar-refractivity contribution in [3.8, 4) is 0 Å². The molecule has 0 radical (unpaired) electrons. The number of nitrogens with two attached hydrogens (primary N) is 3. The predicted octanol–water partition coefficient (Wildman–Crippen LogP) is 0.331. The summed E-state index contributed by atoms with van der Waals surface area (Å²) in [6.07, 6.45) is 6.66. The van der Waals surface area contributed by atoms with Gasteiger partial charge in [-0.15, -0.1) is 0 Å². The first-order chi connectivity index (χ1) is 20.7. The Hall–Kier alpha value is -3.71. The molecule has 2 rings (SSSR count). The predicted molar refractivity (Wildman–Crippen MR) is 169 cm³/mol. The van der Waals surface area contributed by atoms with Gasteiger partial charge < -0.3 is 38.5 Å². The van der Waals surface area contributed by atoms with Crippen LogP contribution in [0.15, 0.2) is 9.98 Å². The lowest BCUT2D eigenvalue weighted by Gasteiger charge is -2.33. The van der Waals surface area contributed by atoms with Crippen LogP contribution in [-0.2, 0) is 24.0 Å². The molecule has 0 unspecified atom stereocenters. The number of aliphatic imine (C=N–C) groups is 2. The summed E-state index contributed by atoms with van der Waals surface area (Å²) in [7, 11) is 0. The van der Waals surface area contributed by atoms with Crippen LogP contribution in [0, 0.1) is 17.8 Å². The van der Waals surface area contributed by atoms with E-state index in [9.17, 15) is 24.0 Å². The summed E-state index contributed by atoms with van der Waals surface area (Å²) < 4.78 is 0. The Bertz CT molecular complexity index is 1080. The molecule has 44 heavy (non-hydrogen) atoms. The van der Waals surface area contributed by atoms with E-state index in [1.165, 1.54) is 0 Å². The molecule has 1 saturated carbocycles. The smallest absolute Gasteiger partial charge is 0.243 e. The van der Waals surface area contributed by atoms with Gasteiger partial charge in [-0.1, -0.05) is 52.9 Å². The molecule has 1 aliphatic heterocycles. The Morgan fingerprint density at radius 1 is 1.00 bits per heavy atom. The fourth-order valence-corrected chi connectivity index (χ4v) is 5.62. The first-order valence-corrected chi connectivity index (χ1v) is 15.9. The molecule has 0 aromatic heterocycles. The average molecular weight is 620 g/mol. The Morgan fingerprint density at radius 2 is 1.66 bits per heavy atom. The van der Waals surface area contributed by atoms with Crippen LogP contribution in [0.3, 0.4) is 0 Å². The average Bonchev–Trinajstić information content (AvgIpc) is 2.96. The lowest BCUT2D eigenvalue weighted by atomic mass is 9.83. The first-order valence-electron chi connectivity index (χ1n) is 15.9. The molecule has 14 heteroatoms. The molecule has 1 aliphatic carbocycles. The SMILES string of the molecule is CC[C@@H]1NC(=O)[C@H](CCCN=C(N)N=C(N)N)CC(=O)[C@](C)(NC(=O)C(C)C)CCNC(=O)[C@@H](CC2CCCCC2)NC1=O. The summed E-state index contributed by atoms with van der Waals surface area (Å²) >= 11 is 0. The van der Waals surface area contributed by atoms with Crippen LogP contribution in [0.2, 0.25) is 0 Å². The Kier molecular flexibility index (Phi) is 14.6. The van der Waals surface area contributed by atoms with Crippen LogP contribution in [0.4, 0.5) is 0 Å². The summed E-state index contributed by atoms with van der Waals surface area (Å²) in [5.41, 5.74) is 15.0. The number of carbonyl (C=O) groups excluding carboxylic acids is 5. The van der Waals surface area contributed by atoms with Crippen LogP contribution < -0.4 is 38.5 Å². The number of guanidine groups is 2. The van der Waals surface area contributed by atoms with Gasteiger partial charge in [0.2, 0.25) is 29.6 Å². The molecule has 4 atom stereocenters. The van der Waals surface area contributed by atoms with Gasteiger partial charge in [-0.25, -0.2) is 0 Å². The molecule has 0 bridgehead atoms. The fourth-order valence-electron chi connectivity index (χ4n) is 5.62. The maximum absolute atomic E-state index is 13.8. The zero-order chi connectivity index (χ0) is 32.9. The van der Waals surface area contributed by atoms with Crippen molar-refractivity contribution in [2.75, 3.05) is 13.1 Å². The van der Waals surface area contributed by atoms with Gasteiger partial charge in [-0.3, -0.25) is 29.0 Å². The van der Waals surface area contributed by atoms with Crippen molar-refractivity contribution in [3.63, 3.8) is 0 Å². The zero-order valence-electron chi connectivity index (χ0n) is 26.7. The van der Waals surface area contributed by atoms with Crippen LogP contribution in [0.1, 0.15) is 98.3 Å². The van der Waals surface area contributed by atoms with E-state index in [2.05, 4.69) is 31.3 Å². The summed E-state index contributed by atoms with van der Waals surface area (Å²) in [6, 6.07) is -1.68. The molecule has 1 heterocycles. The largest absolute Gasteiger partial charge is 0.370 e. The Morgan fingerprint density at radius 3 is 2.27 bits per heavy atom. The van der Waals surface area contributed by atoms with Crippen molar-refractivity contribution in [2.24, 2.45) is 44.9 Å². The number of nitrogens with zero attached hydrogens (tertiary/aromatic N) is 2. The highest BCUT2D eigenvalue weighted by Gasteiger charge is 2.39. The van der Waals surface area contributed by atoms with Crippen LogP contribution in [0.5, 0.6) is 0 Å². The van der Waals surface area contributed by atoms with Crippen molar-refractivity contribution >= 4 is 41.3 Å². The second-order valence-corrected chi connectivity index (χ2v) is 12.5. The van der Waals surface area contributed by atoms with Gasteiger partial charge in [0.25, 0.3) is 0 Å². The number of hydrogen-bond acceptors (Lipinski definition) is 6. The van der Waals surface area contributed by atoms with Gasteiger partial charge in [-0.05, 0) is 44.9 Å². The van der Waals surface area contributed by atoms with E-state index < -0.39 is 35.4 Å². The van der Waals surface area contributed by atoms with Crippen LogP contribution >= 0.6 is 0 Å². The number of carbonyl (C=O) groups is 5. The highest BCUT2D eigenvalue weighted by atomic mass is 16.2. The minimum atomic E-state index is -1.33. The van der Waals surface area contributed by atoms with Gasteiger partial charge in [-0.2, -0.15) is 4.99 Å². The third-order valence-corrected chi connectivity index (χ3v) is 8.46. The number of hydrogen-bond donors (Lipinski definition) is 7. The van der Waals surface area contributed by atoms with E-state index in [1.807, 2.05) is 0 Å². The first kappa shape index (κ1) is 36.5. The third-order valence-electron chi connectivity index (χ3n) is 8.46. The molecular formula is C30H53N9O5. The van der Waals surface area contributed by atoms with Crippen LogP contribution in [0.25, 0.3) is 0 Å². The zero-order valence-corrected chi connectivity index (χ0v) is 26.7. The van der Waals surface area contributed by atoms with Gasteiger partial charge in [0.1, 0.15) is 12.1 Å². The lowest BCUT2D eigenvalue weighted by molar-refractivity contribution is -0.137. The van der Waals surface area contributed by atoms with Crippen molar-refractivity contribution in [3.05, 3.63) is 0 Å². The van der Waals surface area contributed by atoms with E-state index in [1.54, 1.807) is 27.7 Å². The summed E-state index contributed by atoms with van der Waals surface area (Å²) in [5, 5.41) is 11.5. The maximum Gasteiger partial charge on any atom is 0.243 e. The van der Waals surface area contributed by atoms with Gasteiger partial charge in [0.05, 0.1) is 5.54 Å². The van der Waals surface area contributed by atoms with Gasteiger partial charge >= 0.3 is 0 Å². The lowest BCUT2D eigenvalue weighted by Crippen LogP contribution is -2.58. The topological polar surface area (TPSA) is 236 Å². The number of rotatable bonds is 9. The van der Waals surface area contributed by atoms with Crippen molar-refractivity contribution in [1.82, 2.24) is 21.3 Å². The molecule has 2 fully saturated rings. The maximum atomic E-state index is 13.8. The number of nitrogens with one attached hydrogen (secondary N) is 4. The monoisotopic (exact) mass is 619 g/mol. The standard InChI is InChI=1S/C30H53N9O5/c1-5-21-27(44)37-22(16-19-10-7-6-8-11-19)26(43)34-15-13-30(4,39-24(41)18(2)3)23(40)17-20(25(42)36-21)12-9-14-35-29(33)38-28(31)32/h18-22H,5-17H2,1-4H3,(H,34,43)(H,36,42)(H,37,44)(H,39,41)(H6,31,32,33,35,38)/t20-,21+,22-,30-/m1/s1. The number of Topliss-reactive ketones (excluding diaryl/α,β-unsaturated/α-hetero) is 1. The molecule has 10 N–H and O–H groups in total. The molecule has 248 valence electrons. The van der Waals surface area contributed by atoms with Gasteiger partial charge in [0, 0.05) is 31.3 Å². The number of ketones is 1. The Balaban J connectivity index is 2.37. The van der Waals surface area contributed by atoms with Crippen LogP contribution in [-0.4, -0.2) is 72.0 Å². The van der Waals surface area contributed by atoms with E-state index in [4.69, 9.17) is 17.2 Å². The molecule has 1 saturated heterocycles. The second kappa shape index (κ2) is 17.6. The summed E-state index contributed by atoms with van der Waals surface area (Å²) in [4.78, 5) is 74.6. The minimum Gasteiger partial charge on any atom is -0.370 e. The molecular weight excluding hydrogens is 566 g/mol. The Labute approximate surface area is 260 Å². The molecule has 14 nitrogen and oxygen atoms in total. The van der Waals surface area contributed by atoms with E-state index in [0.29, 0.717) is 18.8 Å². The fraction of sp³-hybridized carbons (Fsp3) is 0.767. The molecule has 0 aromatic carbocycles. The van der Waals surface area contributed by atoms with Crippen molar-refractivity contribution in [2.45, 2.75) is 116 Å². The van der Waals surface area contributed by atoms with Crippen molar-refractivity contribution < 1.29 is 24.0 Å². The van der Waals surface area contributed by atoms with E-state index >= 15 is 0 Å². The summed E-state index contributed by atoms with van der Waals surface area (Å²) in [5.74, 6) is -3.13. The molecule has 2 aliphatic rings. The van der Waals surface area contributed by atoms with E-state index in [0.717, 1.165) is 32.1 Å². The van der Waals surface area contributed by atoms with Gasteiger partial charge in [0.15, 0.2) is 11.7 Å². The number of amides is 4. The highest BCUT2D eigenvalue weighted by Crippen LogP contribution is 2.28. The highest BCUT2D eigenvalue weighted by molar-refractivity contribution is 5.97. The normalized spacial score (nSPS) is 26.7. The van der Waals surface area contributed by atoms with E-state index in [-0.39, 0.29) is 74.2 Å². The molecule has 0 spiro atoms. The molecule has 4 amide bonds. The molecule has 0 aromatic rings. The second-order valence-electron chi connectivity index (χ2n) is 12.5. The summed E-state index contributed by atoms with van der Waals surface area (Å²) in [6.45, 7) is 7.14. The minimum absolute atomic E-state index is 0.101. The third kappa shape index (κ3) is 11.8. The quantitative estimate of drug-likeness (QED) is 0.108.